The molecule has 0 spiro atoms. The lowest BCUT2D eigenvalue weighted by Gasteiger charge is -2.04. The zero-order valence-corrected chi connectivity index (χ0v) is 11.3. The van der Waals surface area contributed by atoms with Crippen LogP contribution in [0.3, 0.4) is 0 Å². The number of benzene rings is 1. The van der Waals surface area contributed by atoms with E-state index >= 15 is 0 Å². The van der Waals surface area contributed by atoms with Crippen molar-refractivity contribution in [2.45, 2.75) is 6.42 Å². The van der Waals surface area contributed by atoms with Crippen LogP contribution in [0.2, 0.25) is 0 Å². The maximum Gasteiger partial charge on any atom is 0.287 e. The minimum Gasteiger partial charge on any atom is -0.444 e. The fourth-order valence-electron chi connectivity index (χ4n) is 1.56. The van der Waals surface area contributed by atoms with Crippen LogP contribution in [0.15, 0.2) is 39.4 Å². The van der Waals surface area contributed by atoms with Crippen molar-refractivity contribution in [3.63, 3.8) is 0 Å². The Balaban J connectivity index is 1.88. The second-order valence-corrected chi connectivity index (χ2v) is 4.63. The molecule has 100 valence electrons. The molecule has 1 aromatic carbocycles. The van der Waals surface area contributed by atoms with E-state index in [1.54, 1.807) is 6.07 Å². The Morgan fingerprint density at radius 3 is 2.68 bits per heavy atom. The predicted octanol–water partition coefficient (Wildman–Crippen LogP) is 3.29. The summed E-state index contributed by atoms with van der Waals surface area (Å²) < 4.78 is 31.5. The van der Waals surface area contributed by atoms with Crippen molar-refractivity contribution in [2.75, 3.05) is 6.54 Å². The van der Waals surface area contributed by atoms with Crippen LogP contribution in [0.5, 0.6) is 0 Å². The minimum absolute atomic E-state index is 0.173. The van der Waals surface area contributed by atoms with Crippen LogP contribution in [0, 0.1) is 11.6 Å². The van der Waals surface area contributed by atoms with Crippen molar-refractivity contribution in [2.24, 2.45) is 0 Å². The Morgan fingerprint density at radius 2 is 2.05 bits per heavy atom. The van der Waals surface area contributed by atoms with Crippen molar-refractivity contribution in [3.05, 3.63) is 58.0 Å². The van der Waals surface area contributed by atoms with Gasteiger partial charge in [0, 0.05) is 12.6 Å². The minimum atomic E-state index is -0.620. The Morgan fingerprint density at radius 1 is 1.26 bits per heavy atom. The largest absolute Gasteiger partial charge is 0.444 e. The fraction of sp³-hybridized carbons (Fsp3) is 0.154. The Bertz CT molecular complexity index is 598. The van der Waals surface area contributed by atoms with Crippen LogP contribution in [-0.4, -0.2) is 12.5 Å². The van der Waals surface area contributed by atoms with Crippen molar-refractivity contribution in [3.8, 4) is 0 Å². The van der Waals surface area contributed by atoms with E-state index in [2.05, 4.69) is 21.2 Å². The number of furan rings is 1. The smallest absolute Gasteiger partial charge is 0.287 e. The topological polar surface area (TPSA) is 42.2 Å². The monoisotopic (exact) mass is 329 g/mol. The molecule has 1 aromatic heterocycles. The summed E-state index contributed by atoms with van der Waals surface area (Å²) >= 11 is 3.09. The zero-order valence-electron chi connectivity index (χ0n) is 9.75. The maximum atomic E-state index is 13.3. The van der Waals surface area contributed by atoms with E-state index in [1.807, 2.05) is 0 Å². The molecule has 2 rings (SSSR count). The van der Waals surface area contributed by atoms with Crippen molar-refractivity contribution in [1.82, 2.24) is 5.32 Å². The number of hydrogen-bond donors (Lipinski definition) is 1. The SMILES string of the molecule is O=C(NCCc1ccc(F)cc1F)c1ccc(Br)o1. The van der Waals surface area contributed by atoms with Crippen molar-refractivity contribution < 1.29 is 18.0 Å². The first-order valence-electron chi connectivity index (χ1n) is 5.54. The van der Waals surface area contributed by atoms with Crippen LogP contribution in [-0.2, 0) is 6.42 Å². The molecular weight excluding hydrogens is 320 g/mol. The third-order valence-electron chi connectivity index (χ3n) is 2.49. The first-order valence-corrected chi connectivity index (χ1v) is 6.33. The standard InChI is InChI=1S/C13H10BrF2NO2/c14-12-4-3-11(19-12)13(18)17-6-5-8-1-2-9(15)7-10(8)16/h1-4,7H,5-6H2,(H,17,18). The highest BCUT2D eigenvalue weighted by atomic mass is 79.9. The molecule has 0 radical (unpaired) electrons. The first kappa shape index (κ1) is 13.7. The van der Waals surface area contributed by atoms with Gasteiger partial charge in [-0.15, -0.1) is 0 Å². The summed E-state index contributed by atoms with van der Waals surface area (Å²) in [6.07, 6.45) is 0.278. The molecule has 1 amide bonds. The Labute approximate surface area is 116 Å². The molecule has 1 N–H and O–H groups in total. The summed E-state index contributed by atoms with van der Waals surface area (Å²) in [6, 6.07) is 6.50. The van der Waals surface area contributed by atoms with Crippen LogP contribution < -0.4 is 5.32 Å². The second-order valence-electron chi connectivity index (χ2n) is 3.85. The quantitative estimate of drug-likeness (QED) is 0.935. The van der Waals surface area contributed by atoms with E-state index in [0.717, 1.165) is 6.07 Å². The summed E-state index contributed by atoms with van der Waals surface area (Å²) in [5.74, 6) is -1.44. The van der Waals surface area contributed by atoms with E-state index in [-0.39, 0.29) is 24.6 Å². The molecule has 2 aromatic rings. The summed E-state index contributed by atoms with van der Waals surface area (Å²) in [5.41, 5.74) is 0.349. The normalized spacial score (nSPS) is 10.5. The molecule has 0 bridgehead atoms. The van der Waals surface area contributed by atoms with E-state index in [1.165, 1.54) is 18.2 Å². The average Bonchev–Trinajstić information content (AvgIpc) is 2.78. The molecule has 1 heterocycles. The number of carbonyl (C=O) groups excluding carboxylic acids is 1. The van der Waals surface area contributed by atoms with Crippen LogP contribution >= 0.6 is 15.9 Å². The number of nitrogens with one attached hydrogen (secondary N) is 1. The lowest BCUT2D eigenvalue weighted by Crippen LogP contribution is -2.25. The van der Waals surface area contributed by atoms with Crippen LogP contribution in [0.1, 0.15) is 16.1 Å². The van der Waals surface area contributed by atoms with Gasteiger partial charge < -0.3 is 9.73 Å². The van der Waals surface area contributed by atoms with Crippen LogP contribution in [0.25, 0.3) is 0 Å². The van der Waals surface area contributed by atoms with Gasteiger partial charge in [0.25, 0.3) is 5.91 Å². The van der Waals surface area contributed by atoms with Gasteiger partial charge in [-0.3, -0.25) is 4.79 Å². The lowest BCUT2D eigenvalue weighted by molar-refractivity contribution is 0.0925. The highest BCUT2D eigenvalue weighted by molar-refractivity contribution is 9.10. The zero-order chi connectivity index (χ0) is 13.8. The maximum absolute atomic E-state index is 13.3. The Kier molecular flexibility index (Phi) is 4.31. The van der Waals surface area contributed by atoms with Gasteiger partial charge in [-0.1, -0.05) is 6.07 Å². The van der Waals surface area contributed by atoms with Gasteiger partial charge >= 0.3 is 0 Å². The van der Waals surface area contributed by atoms with Gasteiger partial charge in [0.15, 0.2) is 10.4 Å². The van der Waals surface area contributed by atoms with E-state index in [4.69, 9.17) is 4.42 Å². The van der Waals surface area contributed by atoms with E-state index in [9.17, 15) is 13.6 Å². The van der Waals surface area contributed by atoms with Gasteiger partial charge in [-0.2, -0.15) is 0 Å². The summed E-state index contributed by atoms with van der Waals surface area (Å²) in [4.78, 5) is 11.6. The molecule has 3 nitrogen and oxygen atoms in total. The number of rotatable bonds is 4. The third kappa shape index (κ3) is 3.64. The predicted molar refractivity (Wildman–Crippen MR) is 68.8 cm³/mol. The van der Waals surface area contributed by atoms with Gasteiger partial charge in [0.2, 0.25) is 0 Å². The summed E-state index contributed by atoms with van der Waals surface area (Å²) in [6.45, 7) is 0.236. The van der Waals surface area contributed by atoms with Gasteiger partial charge in [0.05, 0.1) is 0 Å². The lowest BCUT2D eigenvalue weighted by atomic mass is 10.1. The fourth-order valence-corrected chi connectivity index (χ4v) is 1.87. The summed E-state index contributed by atoms with van der Waals surface area (Å²) in [7, 11) is 0. The molecular formula is C13H10BrF2NO2. The molecule has 0 unspecified atom stereocenters. The number of hydrogen-bond acceptors (Lipinski definition) is 2. The molecule has 0 saturated carbocycles. The van der Waals surface area contributed by atoms with Crippen molar-refractivity contribution >= 4 is 21.8 Å². The highest BCUT2D eigenvalue weighted by Crippen LogP contribution is 2.14. The number of amides is 1. The van der Waals surface area contributed by atoms with E-state index in [0.29, 0.717) is 10.2 Å². The molecule has 0 aliphatic rings. The van der Waals surface area contributed by atoms with Crippen molar-refractivity contribution in [1.29, 1.82) is 0 Å². The van der Waals surface area contributed by atoms with E-state index < -0.39 is 11.6 Å². The second kappa shape index (κ2) is 5.97. The summed E-state index contributed by atoms with van der Waals surface area (Å²) in [5, 5.41) is 2.59. The first-order chi connectivity index (χ1) is 9.06. The van der Waals surface area contributed by atoms with Gasteiger partial charge in [0.1, 0.15) is 11.6 Å². The van der Waals surface area contributed by atoms with Gasteiger partial charge in [-0.05, 0) is 46.1 Å². The third-order valence-corrected chi connectivity index (χ3v) is 2.92. The van der Waals surface area contributed by atoms with Gasteiger partial charge in [-0.25, -0.2) is 8.78 Å². The molecule has 0 aliphatic heterocycles. The molecule has 0 aliphatic carbocycles. The number of halogens is 3. The molecule has 0 fully saturated rings. The molecule has 0 saturated heterocycles. The molecule has 6 heteroatoms. The molecule has 0 atom stereocenters. The average molecular weight is 330 g/mol. The highest BCUT2D eigenvalue weighted by Gasteiger charge is 2.10. The molecule has 19 heavy (non-hydrogen) atoms. The van der Waals surface area contributed by atoms with Crippen LogP contribution in [0.4, 0.5) is 8.78 Å². The Hall–Kier alpha value is -1.69. The number of carbonyl (C=O) groups is 1.